The van der Waals surface area contributed by atoms with Gasteiger partial charge in [0.15, 0.2) is 5.96 Å². The molecule has 3 N–H and O–H groups in total. The van der Waals surface area contributed by atoms with Crippen molar-refractivity contribution in [3.63, 3.8) is 0 Å². The van der Waals surface area contributed by atoms with E-state index >= 15 is 0 Å². The fourth-order valence-electron chi connectivity index (χ4n) is 4.20. The van der Waals surface area contributed by atoms with Gasteiger partial charge in [0.25, 0.3) is 0 Å². The van der Waals surface area contributed by atoms with Crippen LogP contribution in [0.5, 0.6) is 0 Å². The standard InChI is InChI=1S/C20H32ClN5/c1-2-25-12-6-9-18(25)14-23-20(22)24-15-19(26-10-3-4-11-26)16-7-5-8-17(21)13-16/h5,7-8,13,18-19H,2-4,6,9-12,14-15H2,1H3,(H3,22,23,24). The van der Waals surface area contributed by atoms with Crippen LogP contribution in [0, 0.1) is 0 Å². The van der Waals surface area contributed by atoms with E-state index in [1.54, 1.807) is 0 Å². The van der Waals surface area contributed by atoms with Crippen LogP contribution in [0.15, 0.2) is 29.3 Å². The fraction of sp³-hybridized carbons (Fsp3) is 0.650. The number of hydrogen-bond acceptors (Lipinski definition) is 3. The Kier molecular flexibility index (Phi) is 7.17. The van der Waals surface area contributed by atoms with Gasteiger partial charge < -0.3 is 11.1 Å². The molecular weight excluding hydrogens is 346 g/mol. The third-order valence-electron chi connectivity index (χ3n) is 5.67. The summed E-state index contributed by atoms with van der Waals surface area (Å²) in [5.41, 5.74) is 7.40. The lowest BCUT2D eigenvalue weighted by atomic mass is 10.1. The lowest BCUT2D eigenvalue weighted by Crippen LogP contribution is -2.43. The molecule has 2 aliphatic rings. The average Bonchev–Trinajstić information content (AvgIpc) is 3.32. The molecule has 2 heterocycles. The van der Waals surface area contributed by atoms with Crippen molar-refractivity contribution in [2.45, 2.75) is 44.7 Å². The lowest BCUT2D eigenvalue weighted by Gasteiger charge is -2.27. The van der Waals surface area contributed by atoms with Crippen molar-refractivity contribution < 1.29 is 0 Å². The van der Waals surface area contributed by atoms with Gasteiger partial charge in [0.1, 0.15) is 0 Å². The highest BCUT2D eigenvalue weighted by Gasteiger charge is 2.24. The molecule has 2 unspecified atom stereocenters. The van der Waals surface area contributed by atoms with E-state index in [4.69, 9.17) is 17.3 Å². The Balaban J connectivity index is 1.60. The van der Waals surface area contributed by atoms with Crippen molar-refractivity contribution in [2.75, 3.05) is 39.3 Å². The summed E-state index contributed by atoms with van der Waals surface area (Å²) < 4.78 is 0. The lowest BCUT2D eigenvalue weighted by molar-refractivity contribution is 0.251. The third kappa shape index (κ3) is 5.12. The second kappa shape index (κ2) is 9.58. The van der Waals surface area contributed by atoms with Gasteiger partial charge in [0, 0.05) is 17.6 Å². The van der Waals surface area contributed by atoms with Crippen molar-refractivity contribution in [1.29, 1.82) is 0 Å². The quantitative estimate of drug-likeness (QED) is 0.566. The van der Waals surface area contributed by atoms with Crippen LogP contribution in [0.25, 0.3) is 0 Å². The van der Waals surface area contributed by atoms with Crippen molar-refractivity contribution >= 4 is 17.6 Å². The Morgan fingerprint density at radius 2 is 2.12 bits per heavy atom. The van der Waals surface area contributed by atoms with Crippen LogP contribution < -0.4 is 11.1 Å². The highest BCUT2D eigenvalue weighted by Crippen LogP contribution is 2.27. The summed E-state index contributed by atoms with van der Waals surface area (Å²) in [5.74, 6) is 0.555. The number of likely N-dealkylation sites (tertiary alicyclic amines) is 2. The molecule has 0 radical (unpaired) electrons. The number of hydrogen-bond donors (Lipinski definition) is 2. The molecule has 0 amide bonds. The normalized spacial score (nSPS) is 23.5. The first-order valence-electron chi connectivity index (χ1n) is 9.94. The monoisotopic (exact) mass is 377 g/mol. The van der Waals surface area contributed by atoms with E-state index in [0.29, 0.717) is 18.5 Å². The zero-order valence-corrected chi connectivity index (χ0v) is 16.6. The van der Waals surface area contributed by atoms with Crippen LogP contribution in [-0.4, -0.2) is 61.1 Å². The number of benzene rings is 1. The number of rotatable bonds is 7. The molecule has 0 saturated carbocycles. The maximum Gasteiger partial charge on any atom is 0.188 e. The van der Waals surface area contributed by atoms with E-state index in [-0.39, 0.29) is 6.04 Å². The number of likely N-dealkylation sites (N-methyl/N-ethyl adjacent to an activating group) is 1. The highest BCUT2D eigenvalue weighted by atomic mass is 35.5. The van der Waals surface area contributed by atoms with Gasteiger partial charge in [0.05, 0.1) is 12.6 Å². The van der Waals surface area contributed by atoms with Gasteiger partial charge in [-0.3, -0.25) is 14.8 Å². The van der Waals surface area contributed by atoms with E-state index in [1.165, 1.54) is 37.8 Å². The summed E-state index contributed by atoms with van der Waals surface area (Å²) in [6.07, 6.45) is 5.03. The first-order valence-corrected chi connectivity index (χ1v) is 10.3. The minimum Gasteiger partial charge on any atom is -0.370 e. The molecule has 2 aliphatic heterocycles. The van der Waals surface area contributed by atoms with E-state index < -0.39 is 0 Å². The molecule has 0 bridgehead atoms. The molecule has 3 rings (SSSR count). The van der Waals surface area contributed by atoms with Crippen molar-refractivity contribution in [2.24, 2.45) is 10.7 Å². The maximum atomic E-state index is 6.21. The van der Waals surface area contributed by atoms with Gasteiger partial charge in [-0.15, -0.1) is 0 Å². The number of nitrogens with zero attached hydrogens (tertiary/aromatic N) is 3. The first kappa shape index (κ1) is 19.5. The fourth-order valence-corrected chi connectivity index (χ4v) is 4.40. The number of nitrogens with two attached hydrogens (primary N) is 1. The average molecular weight is 378 g/mol. The summed E-state index contributed by atoms with van der Waals surface area (Å²) in [6, 6.07) is 8.97. The number of guanidine groups is 1. The molecule has 0 aliphatic carbocycles. The molecule has 6 heteroatoms. The molecule has 5 nitrogen and oxygen atoms in total. The molecule has 2 atom stereocenters. The SMILES string of the molecule is CCN1CCCC1CNC(N)=NCC(c1cccc(Cl)c1)N1CCCC1. The predicted octanol–water partition coefficient (Wildman–Crippen LogP) is 2.87. The minimum absolute atomic E-state index is 0.246. The molecule has 144 valence electrons. The van der Waals surface area contributed by atoms with E-state index in [2.05, 4.69) is 39.2 Å². The van der Waals surface area contributed by atoms with E-state index in [0.717, 1.165) is 31.2 Å². The maximum absolute atomic E-state index is 6.21. The number of aliphatic imine (C=N–C) groups is 1. The van der Waals surface area contributed by atoms with Gasteiger partial charge >= 0.3 is 0 Å². The molecule has 2 saturated heterocycles. The number of halogens is 1. The smallest absolute Gasteiger partial charge is 0.188 e. The molecule has 1 aromatic carbocycles. The van der Waals surface area contributed by atoms with Gasteiger partial charge in [-0.2, -0.15) is 0 Å². The second-order valence-electron chi connectivity index (χ2n) is 7.35. The van der Waals surface area contributed by atoms with Crippen LogP contribution in [0.1, 0.15) is 44.2 Å². The van der Waals surface area contributed by atoms with Crippen LogP contribution in [0.4, 0.5) is 0 Å². The van der Waals surface area contributed by atoms with Gasteiger partial charge in [-0.25, -0.2) is 0 Å². The van der Waals surface area contributed by atoms with Crippen LogP contribution in [-0.2, 0) is 0 Å². The summed E-state index contributed by atoms with van der Waals surface area (Å²) >= 11 is 6.21. The van der Waals surface area contributed by atoms with Crippen LogP contribution in [0.3, 0.4) is 0 Å². The number of nitrogens with one attached hydrogen (secondary N) is 1. The largest absolute Gasteiger partial charge is 0.370 e. The topological polar surface area (TPSA) is 56.9 Å². The second-order valence-corrected chi connectivity index (χ2v) is 7.78. The van der Waals surface area contributed by atoms with Crippen molar-refractivity contribution in [3.8, 4) is 0 Å². The molecule has 2 fully saturated rings. The molecule has 0 spiro atoms. The Morgan fingerprint density at radius 1 is 1.31 bits per heavy atom. The Labute approximate surface area is 162 Å². The first-order chi connectivity index (χ1) is 12.7. The van der Waals surface area contributed by atoms with Crippen molar-refractivity contribution in [1.82, 2.24) is 15.1 Å². The zero-order chi connectivity index (χ0) is 18.4. The molecule has 26 heavy (non-hydrogen) atoms. The summed E-state index contributed by atoms with van der Waals surface area (Å²) in [7, 11) is 0. The molecule has 1 aromatic rings. The highest BCUT2D eigenvalue weighted by molar-refractivity contribution is 6.30. The zero-order valence-electron chi connectivity index (χ0n) is 15.8. The van der Waals surface area contributed by atoms with Gasteiger partial charge in [-0.1, -0.05) is 30.7 Å². The van der Waals surface area contributed by atoms with Crippen LogP contribution >= 0.6 is 11.6 Å². The Morgan fingerprint density at radius 3 is 2.85 bits per heavy atom. The van der Waals surface area contributed by atoms with Crippen molar-refractivity contribution in [3.05, 3.63) is 34.9 Å². The van der Waals surface area contributed by atoms with E-state index in [1.807, 2.05) is 12.1 Å². The van der Waals surface area contributed by atoms with Crippen LogP contribution in [0.2, 0.25) is 5.02 Å². The third-order valence-corrected chi connectivity index (χ3v) is 5.91. The predicted molar refractivity (Wildman–Crippen MR) is 110 cm³/mol. The summed E-state index contributed by atoms with van der Waals surface area (Å²) in [6.45, 7) is 8.32. The molecule has 0 aromatic heterocycles. The minimum atomic E-state index is 0.246. The Hall–Kier alpha value is -1.30. The summed E-state index contributed by atoms with van der Waals surface area (Å²) in [4.78, 5) is 9.68. The van der Waals surface area contributed by atoms with Gasteiger partial charge in [0.2, 0.25) is 0 Å². The molecular formula is C20H32ClN5. The van der Waals surface area contributed by atoms with Gasteiger partial charge in [-0.05, 0) is 69.6 Å². The summed E-state index contributed by atoms with van der Waals surface area (Å²) in [5, 5.41) is 4.12. The van der Waals surface area contributed by atoms with E-state index in [9.17, 15) is 0 Å². The Bertz CT molecular complexity index is 600.